The van der Waals surface area contributed by atoms with E-state index < -0.39 is 17.9 Å². The van der Waals surface area contributed by atoms with E-state index in [0.29, 0.717) is 6.54 Å². The molecule has 0 rings (SSSR count). The van der Waals surface area contributed by atoms with Gasteiger partial charge in [0.15, 0.2) is 0 Å². The van der Waals surface area contributed by atoms with Crippen LogP contribution in [-0.2, 0) is 19.1 Å². The molecule has 19 heavy (non-hydrogen) atoms. The molecular formula is C12H22N2O5. The van der Waals surface area contributed by atoms with Crippen molar-refractivity contribution in [1.29, 1.82) is 0 Å². The van der Waals surface area contributed by atoms with Crippen LogP contribution < -0.4 is 10.6 Å². The summed E-state index contributed by atoms with van der Waals surface area (Å²) in [5.41, 5.74) is 0. The second kappa shape index (κ2) is 10.3. The molecule has 0 heterocycles. The van der Waals surface area contributed by atoms with Crippen molar-refractivity contribution in [3.8, 4) is 0 Å². The van der Waals surface area contributed by atoms with Crippen LogP contribution in [0.2, 0.25) is 0 Å². The summed E-state index contributed by atoms with van der Waals surface area (Å²) in [5.74, 6) is -1.77. The van der Waals surface area contributed by atoms with Crippen molar-refractivity contribution in [3.63, 3.8) is 0 Å². The highest BCUT2D eigenvalue weighted by Gasteiger charge is 2.19. The summed E-state index contributed by atoms with van der Waals surface area (Å²) in [7, 11) is 1.46. The highest BCUT2D eigenvalue weighted by atomic mass is 16.5. The van der Waals surface area contributed by atoms with Crippen molar-refractivity contribution >= 4 is 17.8 Å². The van der Waals surface area contributed by atoms with Crippen LogP contribution in [0.3, 0.4) is 0 Å². The zero-order valence-electron chi connectivity index (χ0n) is 11.4. The highest BCUT2D eigenvalue weighted by molar-refractivity contribution is 5.86. The number of carbonyl (C=O) groups is 3. The number of hydrogen-bond donors (Lipinski definition) is 3. The number of amides is 2. The smallest absolute Gasteiger partial charge is 0.326 e. The summed E-state index contributed by atoms with van der Waals surface area (Å²) >= 11 is 0. The number of rotatable bonds is 10. The number of carbonyl (C=O) groups excluding carboxylic acids is 2. The van der Waals surface area contributed by atoms with Crippen molar-refractivity contribution < 1.29 is 24.2 Å². The monoisotopic (exact) mass is 274 g/mol. The maximum atomic E-state index is 11.5. The molecule has 1 atom stereocenters. The lowest BCUT2D eigenvalue weighted by molar-refractivity contribution is -0.142. The molecule has 7 nitrogen and oxygen atoms in total. The van der Waals surface area contributed by atoms with E-state index in [-0.39, 0.29) is 31.8 Å². The van der Waals surface area contributed by atoms with Crippen molar-refractivity contribution in [2.75, 3.05) is 20.3 Å². The van der Waals surface area contributed by atoms with Crippen LogP contribution >= 0.6 is 0 Å². The molecule has 0 aliphatic carbocycles. The molecule has 1 unspecified atom stereocenters. The minimum atomic E-state index is -1.11. The number of methoxy groups -OCH3 is 1. The molecule has 0 saturated heterocycles. The minimum Gasteiger partial charge on any atom is -0.480 e. The van der Waals surface area contributed by atoms with Crippen LogP contribution in [0.15, 0.2) is 0 Å². The first-order valence-electron chi connectivity index (χ1n) is 6.29. The van der Waals surface area contributed by atoms with Gasteiger partial charge in [0.25, 0.3) is 0 Å². The Morgan fingerprint density at radius 3 is 2.37 bits per heavy atom. The lowest BCUT2D eigenvalue weighted by atomic mass is 10.2. The molecule has 0 aromatic rings. The van der Waals surface area contributed by atoms with Crippen molar-refractivity contribution in [2.45, 2.75) is 38.6 Å². The first-order chi connectivity index (χ1) is 9.01. The molecule has 0 aliphatic heterocycles. The number of ether oxygens (including phenoxy) is 1. The number of carboxylic acid groups (broad SMARTS) is 1. The number of nitrogens with one attached hydrogen (secondary N) is 2. The number of aliphatic carboxylic acids is 1. The fourth-order valence-corrected chi connectivity index (χ4v) is 1.34. The maximum absolute atomic E-state index is 11.5. The van der Waals surface area contributed by atoms with E-state index in [1.807, 2.05) is 6.92 Å². The fourth-order valence-electron chi connectivity index (χ4n) is 1.34. The average Bonchev–Trinajstić information content (AvgIpc) is 2.38. The van der Waals surface area contributed by atoms with Crippen molar-refractivity contribution in [2.24, 2.45) is 0 Å². The van der Waals surface area contributed by atoms with Gasteiger partial charge >= 0.3 is 5.97 Å². The molecule has 3 N–H and O–H groups in total. The van der Waals surface area contributed by atoms with E-state index in [2.05, 4.69) is 10.6 Å². The van der Waals surface area contributed by atoms with Crippen molar-refractivity contribution in [1.82, 2.24) is 10.6 Å². The largest absolute Gasteiger partial charge is 0.480 e. The topological polar surface area (TPSA) is 105 Å². The Hall–Kier alpha value is -1.63. The molecule has 7 heteroatoms. The summed E-state index contributed by atoms with van der Waals surface area (Å²) in [6.07, 6.45) is 1.06. The highest BCUT2D eigenvalue weighted by Crippen LogP contribution is 1.96. The Labute approximate surface area is 112 Å². The third-order valence-electron chi connectivity index (χ3n) is 2.40. The first kappa shape index (κ1) is 17.4. The quantitative estimate of drug-likeness (QED) is 0.516. The Kier molecular flexibility index (Phi) is 9.42. The summed E-state index contributed by atoms with van der Waals surface area (Å²) in [6, 6.07) is -0.980. The molecule has 0 fully saturated rings. The van der Waals surface area contributed by atoms with Gasteiger partial charge < -0.3 is 20.5 Å². The SMILES string of the molecule is CCCNC(=O)CCC(=O)NC(CCOC)C(=O)O. The molecule has 0 spiro atoms. The molecule has 0 radical (unpaired) electrons. The summed E-state index contributed by atoms with van der Waals surface area (Å²) in [6.45, 7) is 2.75. The lowest BCUT2D eigenvalue weighted by Gasteiger charge is -2.13. The van der Waals surface area contributed by atoms with Gasteiger partial charge in [0.2, 0.25) is 11.8 Å². The van der Waals surface area contributed by atoms with Gasteiger partial charge in [-0.05, 0) is 6.42 Å². The zero-order valence-corrected chi connectivity index (χ0v) is 11.4. The average molecular weight is 274 g/mol. The summed E-state index contributed by atoms with van der Waals surface area (Å²) in [4.78, 5) is 33.6. The molecular weight excluding hydrogens is 252 g/mol. The van der Waals surface area contributed by atoms with E-state index in [0.717, 1.165) is 6.42 Å². The second-order valence-corrected chi connectivity index (χ2v) is 4.09. The normalized spacial score (nSPS) is 11.7. The molecule has 110 valence electrons. The lowest BCUT2D eigenvalue weighted by Crippen LogP contribution is -2.41. The summed E-state index contributed by atoms with van der Waals surface area (Å²) in [5, 5.41) is 13.9. The second-order valence-electron chi connectivity index (χ2n) is 4.09. The molecule has 0 aliphatic rings. The van der Waals surface area contributed by atoms with E-state index >= 15 is 0 Å². The zero-order chi connectivity index (χ0) is 14.7. The van der Waals surface area contributed by atoms with Gasteiger partial charge in [-0.1, -0.05) is 6.92 Å². The van der Waals surface area contributed by atoms with Gasteiger partial charge in [0.05, 0.1) is 0 Å². The van der Waals surface area contributed by atoms with E-state index in [9.17, 15) is 14.4 Å². The Balaban J connectivity index is 3.99. The van der Waals surface area contributed by atoms with Gasteiger partial charge in [-0.2, -0.15) is 0 Å². The van der Waals surface area contributed by atoms with Gasteiger partial charge in [0.1, 0.15) is 6.04 Å². The first-order valence-corrected chi connectivity index (χ1v) is 6.29. The van der Waals surface area contributed by atoms with Gasteiger partial charge in [-0.25, -0.2) is 4.79 Å². The minimum absolute atomic E-state index is 0.0215. The third kappa shape index (κ3) is 9.01. The Bertz CT molecular complexity index is 306. The number of hydrogen-bond acceptors (Lipinski definition) is 4. The van der Waals surface area contributed by atoms with Gasteiger partial charge in [-0.3, -0.25) is 9.59 Å². The molecule has 0 aromatic heterocycles. The standard InChI is InChI=1S/C12H22N2O5/c1-3-7-13-10(15)4-5-11(16)14-9(12(17)18)6-8-19-2/h9H,3-8H2,1-2H3,(H,13,15)(H,14,16)(H,17,18). The third-order valence-corrected chi connectivity index (χ3v) is 2.40. The molecule has 0 aromatic carbocycles. The van der Waals surface area contributed by atoms with E-state index in [4.69, 9.17) is 9.84 Å². The van der Waals surface area contributed by atoms with E-state index in [1.54, 1.807) is 0 Å². The van der Waals surface area contributed by atoms with Crippen LogP contribution in [0.1, 0.15) is 32.6 Å². The molecule has 2 amide bonds. The van der Waals surface area contributed by atoms with E-state index in [1.165, 1.54) is 7.11 Å². The predicted molar refractivity (Wildman–Crippen MR) is 68.6 cm³/mol. The predicted octanol–water partition coefficient (Wildman–Crippen LogP) is -0.101. The van der Waals surface area contributed by atoms with Gasteiger partial charge in [0, 0.05) is 39.5 Å². The van der Waals surface area contributed by atoms with Crippen LogP contribution in [-0.4, -0.2) is 49.2 Å². The van der Waals surface area contributed by atoms with Crippen LogP contribution in [0.4, 0.5) is 0 Å². The molecule has 0 saturated carbocycles. The van der Waals surface area contributed by atoms with Crippen molar-refractivity contribution in [3.05, 3.63) is 0 Å². The maximum Gasteiger partial charge on any atom is 0.326 e. The molecule has 0 bridgehead atoms. The Morgan fingerprint density at radius 2 is 1.84 bits per heavy atom. The Morgan fingerprint density at radius 1 is 1.21 bits per heavy atom. The summed E-state index contributed by atoms with van der Waals surface area (Å²) < 4.78 is 4.77. The number of carboxylic acids is 1. The van der Waals surface area contributed by atoms with Crippen LogP contribution in [0, 0.1) is 0 Å². The fraction of sp³-hybridized carbons (Fsp3) is 0.750. The van der Waals surface area contributed by atoms with Crippen LogP contribution in [0.25, 0.3) is 0 Å². The van der Waals surface area contributed by atoms with Gasteiger partial charge in [-0.15, -0.1) is 0 Å². The van der Waals surface area contributed by atoms with Crippen LogP contribution in [0.5, 0.6) is 0 Å².